The standard InChI is InChI=1S/C10H10N4/c11-8-3-1-2-7(6-8)9-4-5-13-10(12)14-9/h1-6H,11H2,(H2,12,13,14). The van der Waals surface area contributed by atoms with Crippen molar-refractivity contribution < 1.29 is 0 Å². The van der Waals surface area contributed by atoms with Gasteiger partial charge >= 0.3 is 0 Å². The molecule has 0 bridgehead atoms. The molecule has 0 amide bonds. The van der Waals surface area contributed by atoms with Crippen molar-refractivity contribution in [3.8, 4) is 11.3 Å². The first kappa shape index (κ1) is 8.50. The average molecular weight is 186 g/mol. The normalized spacial score (nSPS) is 10.0. The summed E-state index contributed by atoms with van der Waals surface area (Å²) in [4.78, 5) is 7.92. The van der Waals surface area contributed by atoms with E-state index >= 15 is 0 Å². The second kappa shape index (κ2) is 3.33. The summed E-state index contributed by atoms with van der Waals surface area (Å²) < 4.78 is 0. The Balaban J connectivity index is 2.49. The highest BCUT2D eigenvalue weighted by molar-refractivity contribution is 5.64. The van der Waals surface area contributed by atoms with Gasteiger partial charge in [0.05, 0.1) is 5.69 Å². The lowest BCUT2D eigenvalue weighted by atomic mass is 10.1. The first-order valence-corrected chi connectivity index (χ1v) is 4.20. The van der Waals surface area contributed by atoms with Gasteiger partial charge in [-0.2, -0.15) is 0 Å². The van der Waals surface area contributed by atoms with Crippen LogP contribution < -0.4 is 11.5 Å². The quantitative estimate of drug-likeness (QED) is 0.658. The van der Waals surface area contributed by atoms with Gasteiger partial charge in [-0.15, -0.1) is 0 Å². The van der Waals surface area contributed by atoms with E-state index in [9.17, 15) is 0 Å². The number of aromatic nitrogens is 2. The lowest BCUT2D eigenvalue weighted by Gasteiger charge is -2.01. The number of anilines is 2. The molecular weight excluding hydrogens is 176 g/mol. The van der Waals surface area contributed by atoms with E-state index in [0.29, 0.717) is 5.69 Å². The minimum absolute atomic E-state index is 0.268. The molecule has 0 saturated heterocycles. The van der Waals surface area contributed by atoms with Gasteiger partial charge in [-0.05, 0) is 18.2 Å². The molecule has 0 aliphatic carbocycles. The van der Waals surface area contributed by atoms with Crippen LogP contribution in [-0.2, 0) is 0 Å². The van der Waals surface area contributed by atoms with Gasteiger partial charge in [0, 0.05) is 17.4 Å². The fourth-order valence-corrected chi connectivity index (χ4v) is 1.23. The number of nitrogens with two attached hydrogens (primary N) is 2. The molecule has 1 aromatic carbocycles. The Kier molecular flexibility index (Phi) is 2.02. The van der Waals surface area contributed by atoms with Crippen molar-refractivity contribution in [2.24, 2.45) is 0 Å². The van der Waals surface area contributed by atoms with Crippen molar-refractivity contribution in [3.05, 3.63) is 36.5 Å². The topological polar surface area (TPSA) is 77.8 Å². The summed E-state index contributed by atoms with van der Waals surface area (Å²) >= 11 is 0. The summed E-state index contributed by atoms with van der Waals surface area (Å²) in [6, 6.07) is 9.28. The third-order valence-electron chi connectivity index (χ3n) is 1.86. The van der Waals surface area contributed by atoms with Gasteiger partial charge in [-0.25, -0.2) is 9.97 Å². The van der Waals surface area contributed by atoms with Crippen LogP contribution in [0.25, 0.3) is 11.3 Å². The minimum Gasteiger partial charge on any atom is -0.399 e. The molecule has 70 valence electrons. The zero-order chi connectivity index (χ0) is 9.97. The maximum absolute atomic E-state index is 5.66. The van der Waals surface area contributed by atoms with Gasteiger partial charge in [0.25, 0.3) is 0 Å². The van der Waals surface area contributed by atoms with Crippen LogP contribution in [-0.4, -0.2) is 9.97 Å². The maximum Gasteiger partial charge on any atom is 0.220 e. The molecule has 0 unspecified atom stereocenters. The number of nitrogens with zero attached hydrogens (tertiary/aromatic N) is 2. The Morgan fingerprint density at radius 2 is 1.93 bits per heavy atom. The highest BCUT2D eigenvalue weighted by Gasteiger charge is 1.99. The van der Waals surface area contributed by atoms with Crippen LogP contribution in [0, 0.1) is 0 Å². The lowest BCUT2D eigenvalue weighted by molar-refractivity contribution is 1.19. The first-order valence-electron chi connectivity index (χ1n) is 4.20. The average Bonchev–Trinajstić information content (AvgIpc) is 2.18. The minimum atomic E-state index is 0.268. The maximum atomic E-state index is 5.66. The second-order valence-electron chi connectivity index (χ2n) is 2.93. The Morgan fingerprint density at radius 1 is 1.07 bits per heavy atom. The predicted molar refractivity (Wildman–Crippen MR) is 56.3 cm³/mol. The molecule has 4 heteroatoms. The van der Waals surface area contributed by atoms with Crippen molar-refractivity contribution in [2.75, 3.05) is 11.5 Å². The molecule has 1 heterocycles. The zero-order valence-corrected chi connectivity index (χ0v) is 7.51. The van der Waals surface area contributed by atoms with E-state index < -0.39 is 0 Å². The van der Waals surface area contributed by atoms with E-state index in [1.165, 1.54) is 0 Å². The summed E-state index contributed by atoms with van der Waals surface area (Å²) in [5.41, 5.74) is 13.6. The van der Waals surface area contributed by atoms with Crippen molar-refractivity contribution in [1.29, 1.82) is 0 Å². The molecule has 0 spiro atoms. The monoisotopic (exact) mass is 186 g/mol. The molecule has 14 heavy (non-hydrogen) atoms. The highest BCUT2D eigenvalue weighted by atomic mass is 15.0. The number of benzene rings is 1. The third kappa shape index (κ3) is 1.64. The summed E-state index contributed by atoms with van der Waals surface area (Å²) in [5, 5.41) is 0. The van der Waals surface area contributed by atoms with E-state index in [1.807, 2.05) is 24.3 Å². The Hall–Kier alpha value is -2.10. The Labute approximate surface area is 81.6 Å². The molecule has 0 saturated carbocycles. The number of rotatable bonds is 1. The summed E-state index contributed by atoms with van der Waals surface area (Å²) in [5.74, 6) is 0.268. The second-order valence-corrected chi connectivity index (χ2v) is 2.93. The van der Waals surface area contributed by atoms with Crippen molar-refractivity contribution in [3.63, 3.8) is 0 Å². The smallest absolute Gasteiger partial charge is 0.220 e. The van der Waals surface area contributed by atoms with Crippen molar-refractivity contribution >= 4 is 11.6 Å². The Bertz CT molecular complexity index is 410. The fraction of sp³-hybridized carbons (Fsp3) is 0. The van der Waals surface area contributed by atoms with E-state index in [0.717, 1.165) is 11.3 Å². The van der Waals surface area contributed by atoms with Gasteiger partial charge in [0.15, 0.2) is 0 Å². The number of hydrogen-bond donors (Lipinski definition) is 2. The molecule has 0 atom stereocenters. The third-order valence-corrected chi connectivity index (χ3v) is 1.86. The van der Waals surface area contributed by atoms with E-state index in [4.69, 9.17) is 11.5 Å². The predicted octanol–water partition coefficient (Wildman–Crippen LogP) is 1.31. The fourth-order valence-electron chi connectivity index (χ4n) is 1.23. The Morgan fingerprint density at radius 3 is 2.64 bits per heavy atom. The van der Waals surface area contributed by atoms with Gasteiger partial charge in [0.1, 0.15) is 0 Å². The van der Waals surface area contributed by atoms with Crippen LogP contribution in [0.4, 0.5) is 11.6 Å². The molecule has 0 aliphatic heterocycles. The summed E-state index contributed by atoms with van der Waals surface area (Å²) in [6.45, 7) is 0. The molecule has 0 fully saturated rings. The zero-order valence-electron chi connectivity index (χ0n) is 7.51. The summed E-state index contributed by atoms with van der Waals surface area (Å²) in [7, 11) is 0. The summed E-state index contributed by atoms with van der Waals surface area (Å²) in [6.07, 6.45) is 1.63. The van der Waals surface area contributed by atoms with Crippen LogP contribution in [0.1, 0.15) is 0 Å². The number of nitrogen functional groups attached to an aromatic ring is 2. The molecule has 2 aromatic rings. The van der Waals surface area contributed by atoms with Crippen LogP contribution in [0.3, 0.4) is 0 Å². The SMILES string of the molecule is Nc1cccc(-c2ccnc(N)n2)c1. The van der Waals surface area contributed by atoms with Crippen LogP contribution >= 0.6 is 0 Å². The number of hydrogen-bond acceptors (Lipinski definition) is 4. The first-order chi connectivity index (χ1) is 6.75. The van der Waals surface area contributed by atoms with E-state index in [2.05, 4.69) is 9.97 Å². The van der Waals surface area contributed by atoms with E-state index in [1.54, 1.807) is 12.3 Å². The molecule has 4 nitrogen and oxygen atoms in total. The van der Waals surface area contributed by atoms with Crippen LogP contribution in [0.5, 0.6) is 0 Å². The molecule has 0 aliphatic rings. The van der Waals surface area contributed by atoms with Crippen LogP contribution in [0.15, 0.2) is 36.5 Å². The lowest BCUT2D eigenvalue weighted by Crippen LogP contribution is -1.95. The van der Waals surface area contributed by atoms with Crippen molar-refractivity contribution in [2.45, 2.75) is 0 Å². The molecule has 4 N–H and O–H groups in total. The van der Waals surface area contributed by atoms with Crippen LogP contribution in [0.2, 0.25) is 0 Å². The largest absolute Gasteiger partial charge is 0.399 e. The van der Waals surface area contributed by atoms with Gasteiger partial charge in [0.2, 0.25) is 5.95 Å². The molecular formula is C10H10N4. The molecule has 0 radical (unpaired) electrons. The van der Waals surface area contributed by atoms with E-state index in [-0.39, 0.29) is 5.95 Å². The molecule has 1 aromatic heterocycles. The van der Waals surface area contributed by atoms with Gasteiger partial charge < -0.3 is 11.5 Å². The van der Waals surface area contributed by atoms with Gasteiger partial charge in [-0.1, -0.05) is 12.1 Å². The van der Waals surface area contributed by atoms with Crippen molar-refractivity contribution in [1.82, 2.24) is 9.97 Å². The molecule has 2 rings (SSSR count). The highest BCUT2D eigenvalue weighted by Crippen LogP contribution is 2.18. The van der Waals surface area contributed by atoms with Gasteiger partial charge in [-0.3, -0.25) is 0 Å².